The van der Waals surface area contributed by atoms with Gasteiger partial charge in [-0.05, 0) is 10.8 Å². The molecule has 0 N–H and O–H groups in total. The van der Waals surface area contributed by atoms with Crippen LogP contribution in [-0.4, -0.2) is 25.2 Å². The second-order valence-electron chi connectivity index (χ2n) is 6.94. The standard InChI is InChI=1S/C14H26O4/c1-13(2,3)9-17-11(15)7-8-12(16)18-10-14(4,5)6/h7-10H2,1-6H3. The molecule has 0 fully saturated rings. The van der Waals surface area contributed by atoms with Crippen LogP contribution in [0.1, 0.15) is 54.4 Å². The minimum absolute atomic E-state index is 0.0532. The lowest BCUT2D eigenvalue weighted by Crippen LogP contribution is -2.21. The van der Waals surface area contributed by atoms with Crippen LogP contribution in [0.25, 0.3) is 0 Å². The van der Waals surface area contributed by atoms with E-state index in [1.165, 1.54) is 0 Å². The average Bonchev–Trinajstić information content (AvgIpc) is 2.18. The zero-order valence-electron chi connectivity index (χ0n) is 12.5. The fraction of sp³-hybridized carbons (Fsp3) is 0.857. The molecule has 0 saturated carbocycles. The number of ether oxygens (including phenoxy) is 2. The van der Waals surface area contributed by atoms with Crippen LogP contribution in [0.2, 0.25) is 0 Å². The van der Waals surface area contributed by atoms with E-state index in [0.29, 0.717) is 13.2 Å². The van der Waals surface area contributed by atoms with Gasteiger partial charge in [0.1, 0.15) is 0 Å². The number of hydrogen-bond donors (Lipinski definition) is 0. The molecule has 0 aliphatic rings. The molecule has 0 aliphatic carbocycles. The predicted octanol–water partition coefficient (Wildman–Crippen LogP) is 2.95. The Hall–Kier alpha value is -1.06. The number of rotatable bonds is 5. The van der Waals surface area contributed by atoms with Crippen LogP contribution in [0.5, 0.6) is 0 Å². The summed E-state index contributed by atoms with van der Waals surface area (Å²) in [6.45, 7) is 12.6. The van der Waals surface area contributed by atoms with Crippen LogP contribution in [0.15, 0.2) is 0 Å². The molecule has 0 aliphatic heterocycles. The Kier molecular flexibility index (Phi) is 6.36. The Morgan fingerprint density at radius 2 is 1.00 bits per heavy atom. The van der Waals surface area contributed by atoms with Crippen molar-refractivity contribution in [3.05, 3.63) is 0 Å². The van der Waals surface area contributed by atoms with Crippen LogP contribution < -0.4 is 0 Å². The molecule has 18 heavy (non-hydrogen) atoms. The first-order valence-corrected chi connectivity index (χ1v) is 6.31. The van der Waals surface area contributed by atoms with Gasteiger partial charge in [0.15, 0.2) is 0 Å². The molecule has 0 aromatic rings. The molecule has 4 nitrogen and oxygen atoms in total. The normalized spacial score (nSPS) is 12.1. The van der Waals surface area contributed by atoms with Gasteiger partial charge in [-0.2, -0.15) is 0 Å². The highest BCUT2D eigenvalue weighted by molar-refractivity contribution is 5.77. The Morgan fingerprint density at radius 1 is 0.722 bits per heavy atom. The molecule has 0 rings (SSSR count). The van der Waals surface area contributed by atoms with Gasteiger partial charge < -0.3 is 9.47 Å². The molecule has 106 valence electrons. The molecule has 0 unspecified atom stereocenters. The van der Waals surface area contributed by atoms with Gasteiger partial charge in [0.05, 0.1) is 26.1 Å². The maximum atomic E-state index is 11.4. The van der Waals surface area contributed by atoms with Crippen LogP contribution in [0.3, 0.4) is 0 Å². The van der Waals surface area contributed by atoms with Gasteiger partial charge >= 0.3 is 11.9 Å². The van der Waals surface area contributed by atoms with E-state index in [9.17, 15) is 9.59 Å². The zero-order valence-corrected chi connectivity index (χ0v) is 12.5. The molecule has 0 spiro atoms. The minimum atomic E-state index is -0.349. The molecule has 0 bridgehead atoms. The van der Waals surface area contributed by atoms with Crippen molar-refractivity contribution in [3.8, 4) is 0 Å². The molecule has 0 heterocycles. The summed E-state index contributed by atoms with van der Waals surface area (Å²) in [5.74, 6) is -0.699. The highest BCUT2D eigenvalue weighted by Crippen LogP contribution is 2.15. The van der Waals surface area contributed by atoms with Crippen molar-refractivity contribution in [1.82, 2.24) is 0 Å². The van der Waals surface area contributed by atoms with E-state index in [1.54, 1.807) is 0 Å². The van der Waals surface area contributed by atoms with Crippen molar-refractivity contribution in [2.24, 2.45) is 10.8 Å². The van der Waals surface area contributed by atoms with Crippen molar-refractivity contribution in [2.75, 3.05) is 13.2 Å². The third-order valence-electron chi connectivity index (χ3n) is 1.87. The number of hydrogen-bond acceptors (Lipinski definition) is 4. The summed E-state index contributed by atoms with van der Waals surface area (Å²) >= 11 is 0. The van der Waals surface area contributed by atoms with Crippen LogP contribution in [0, 0.1) is 10.8 Å². The fourth-order valence-corrected chi connectivity index (χ4v) is 0.942. The summed E-state index contributed by atoms with van der Waals surface area (Å²) < 4.78 is 10.1. The topological polar surface area (TPSA) is 52.6 Å². The lowest BCUT2D eigenvalue weighted by Gasteiger charge is -2.18. The molecule has 0 aromatic heterocycles. The van der Waals surface area contributed by atoms with E-state index in [0.717, 1.165) is 0 Å². The fourth-order valence-electron chi connectivity index (χ4n) is 0.942. The summed E-state index contributed by atoms with van der Waals surface area (Å²) in [5.41, 5.74) is -0.106. The maximum Gasteiger partial charge on any atom is 0.306 e. The third kappa shape index (κ3) is 11.4. The van der Waals surface area contributed by atoms with Gasteiger partial charge in [-0.15, -0.1) is 0 Å². The number of carbonyl (C=O) groups is 2. The van der Waals surface area contributed by atoms with E-state index >= 15 is 0 Å². The first kappa shape index (κ1) is 16.9. The monoisotopic (exact) mass is 258 g/mol. The first-order chi connectivity index (χ1) is 7.99. The van der Waals surface area contributed by atoms with Crippen LogP contribution >= 0.6 is 0 Å². The molecule has 0 radical (unpaired) electrons. The van der Waals surface area contributed by atoms with E-state index in [1.807, 2.05) is 41.5 Å². The van der Waals surface area contributed by atoms with E-state index < -0.39 is 0 Å². The Labute approximate surface area is 110 Å². The summed E-state index contributed by atoms with van der Waals surface area (Å²) in [4.78, 5) is 22.7. The smallest absolute Gasteiger partial charge is 0.306 e. The maximum absolute atomic E-state index is 11.4. The average molecular weight is 258 g/mol. The zero-order chi connectivity index (χ0) is 14.4. The van der Waals surface area contributed by atoms with Crippen molar-refractivity contribution < 1.29 is 19.1 Å². The number of carbonyl (C=O) groups excluding carboxylic acids is 2. The highest BCUT2D eigenvalue weighted by atomic mass is 16.5. The Morgan fingerprint density at radius 3 is 1.22 bits per heavy atom. The van der Waals surface area contributed by atoms with Gasteiger partial charge in [-0.1, -0.05) is 41.5 Å². The molecular weight excluding hydrogens is 232 g/mol. The summed E-state index contributed by atoms with van der Waals surface area (Å²) in [6.07, 6.45) is 0.165. The Bertz CT molecular complexity index is 251. The van der Waals surface area contributed by atoms with Gasteiger partial charge in [0.2, 0.25) is 0 Å². The first-order valence-electron chi connectivity index (χ1n) is 6.31. The second-order valence-corrected chi connectivity index (χ2v) is 6.94. The second kappa shape index (κ2) is 6.76. The molecule has 0 aromatic carbocycles. The van der Waals surface area contributed by atoms with Crippen LogP contribution in [-0.2, 0) is 19.1 Å². The van der Waals surface area contributed by atoms with E-state index in [4.69, 9.17) is 9.47 Å². The van der Waals surface area contributed by atoms with Crippen LogP contribution in [0.4, 0.5) is 0 Å². The van der Waals surface area contributed by atoms with Crippen molar-refractivity contribution >= 4 is 11.9 Å². The van der Waals surface area contributed by atoms with E-state index in [2.05, 4.69) is 0 Å². The quantitative estimate of drug-likeness (QED) is 0.711. The molecule has 0 atom stereocenters. The predicted molar refractivity (Wildman–Crippen MR) is 70.1 cm³/mol. The summed E-state index contributed by atoms with van der Waals surface area (Å²) in [6, 6.07) is 0. The summed E-state index contributed by atoms with van der Waals surface area (Å²) in [5, 5.41) is 0. The van der Waals surface area contributed by atoms with Gasteiger partial charge in [0, 0.05) is 0 Å². The molecule has 4 heteroatoms. The van der Waals surface area contributed by atoms with Gasteiger partial charge in [0.25, 0.3) is 0 Å². The van der Waals surface area contributed by atoms with Gasteiger partial charge in [-0.25, -0.2) is 0 Å². The van der Waals surface area contributed by atoms with Crippen molar-refractivity contribution in [1.29, 1.82) is 0 Å². The summed E-state index contributed by atoms with van der Waals surface area (Å²) in [7, 11) is 0. The van der Waals surface area contributed by atoms with E-state index in [-0.39, 0.29) is 35.6 Å². The number of esters is 2. The molecule has 0 amide bonds. The SMILES string of the molecule is CC(C)(C)COC(=O)CCC(=O)OCC(C)(C)C. The van der Waals surface area contributed by atoms with Gasteiger partial charge in [-0.3, -0.25) is 9.59 Å². The minimum Gasteiger partial charge on any atom is -0.465 e. The molecular formula is C14H26O4. The lowest BCUT2D eigenvalue weighted by atomic mass is 9.98. The third-order valence-corrected chi connectivity index (χ3v) is 1.87. The largest absolute Gasteiger partial charge is 0.465 e. The molecule has 0 saturated heterocycles. The lowest BCUT2D eigenvalue weighted by molar-refractivity contribution is -0.153. The van der Waals surface area contributed by atoms with Crippen molar-refractivity contribution in [3.63, 3.8) is 0 Å². The van der Waals surface area contributed by atoms with Crippen molar-refractivity contribution in [2.45, 2.75) is 54.4 Å². The highest BCUT2D eigenvalue weighted by Gasteiger charge is 2.17. The Balaban J connectivity index is 3.76.